The van der Waals surface area contributed by atoms with Crippen LogP contribution in [0.15, 0.2) is 29.3 Å². The molecule has 7 heteroatoms. The van der Waals surface area contributed by atoms with Gasteiger partial charge < -0.3 is 9.30 Å². The molecule has 0 radical (unpaired) electrons. The summed E-state index contributed by atoms with van der Waals surface area (Å²) in [6.07, 6.45) is 1.40. The monoisotopic (exact) mass is 350 g/mol. The van der Waals surface area contributed by atoms with Gasteiger partial charge in [-0.2, -0.15) is 0 Å². The third-order valence-corrected chi connectivity index (χ3v) is 5.00. The molecule has 6 nitrogen and oxygen atoms in total. The first-order chi connectivity index (χ1) is 11.2. The number of esters is 1. The van der Waals surface area contributed by atoms with E-state index < -0.39 is 16.0 Å². The lowest BCUT2D eigenvalue weighted by atomic mass is 10.1. The fraction of sp³-hybridized carbons (Fsp3) is 0.353. The molecule has 0 aliphatic rings. The van der Waals surface area contributed by atoms with Crippen LogP contribution in [0.5, 0.6) is 0 Å². The molecule has 0 saturated heterocycles. The van der Waals surface area contributed by atoms with E-state index in [0.717, 1.165) is 16.7 Å². The molecular formula is C17H22N2O4S. The molecule has 0 saturated carbocycles. The average Bonchev–Trinajstić information content (AvgIpc) is 2.86. The number of hydrogen-bond acceptors (Lipinski definition) is 4. The van der Waals surface area contributed by atoms with Crippen molar-refractivity contribution in [3.63, 3.8) is 0 Å². The van der Waals surface area contributed by atoms with Gasteiger partial charge in [0.15, 0.2) is 0 Å². The Hall–Kier alpha value is -2.28. The summed E-state index contributed by atoms with van der Waals surface area (Å²) in [6.45, 7) is 7.59. The lowest BCUT2D eigenvalue weighted by Gasteiger charge is -2.13. The molecule has 0 atom stereocenters. The Labute approximate surface area is 142 Å². The maximum atomic E-state index is 12.7. The average molecular weight is 350 g/mol. The SMILES string of the molecule is CCOC(=O)c1cc(S(=O)(=O)Nc2c(C)cc(C)cc2C)cn1C. The number of nitrogens with one attached hydrogen (secondary N) is 1. The van der Waals surface area contributed by atoms with Crippen molar-refractivity contribution in [1.29, 1.82) is 0 Å². The van der Waals surface area contributed by atoms with Gasteiger partial charge in [0.1, 0.15) is 10.6 Å². The maximum absolute atomic E-state index is 12.7. The fourth-order valence-corrected chi connectivity index (χ4v) is 3.90. The number of anilines is 1. The Kier molecular flexibility index (Phi) is 5.03. The molecule has 0 spiro atoms. The highest BCUT2D eigenvalue weighted by atomic mass is 32.2. The largest absolute Gasteiger partial charge is 0.461 e. The quantitative estimate of drug-likeness (QED) is 0.841. The van der Waals surface area contributed by atoms with Crippen molar-refractivity contribution in [2.24, 2.45) is 7.05 Å². The standard InChI is InChI=1S/C17H22N2O4S/c1-6-23-17(20)15-9-14(10-19(15)5)24(21,22)18-16-12(3)7-11(2)8-13(16)4/h7-10,18H,6H2,1-5H3. The van der Waals surface area contributed by atoms with Crippen molar-refractivity contribution in [3.05, 3.63) is 46.8 Å². The number of carbonyl (C=O) groups excluding carboxylic acids is 1. The predicted molar refractivity (Wildman–Crippen MR) is 92.8 cm³/mol. The van der Waals surface area contributed by atoms with Crippen LogP contribution < -0.4 is 4.72 Å². The number of benzene rings is 1. The Balaban J connectivity index is 2.39. The zero-order chi connectivity index (χ0) is 18.1. The molecule has 1 heterocycles. The fourth-order valence-electron chi connectivity index (χ4n) is 2.62. The lowest BCUT2D eigenvalue weighted by Crippen LogP contribution is -2.14. The van der Waals surface area contributed by atoms with Crippen LogP contribution in [0.25, 0.3) is 0 Å². The summed E-state index contributed by atoms with van der Waals surface area (Å²) < 4.78 is 34.3. The van der Waals surface area contributed by atoms with Gasteiger partial charge in [-0.25, -0.2) is 13.2 Å². The van der Waals surface area contributed by atoms with Crippen molar-refractivity contribution in [2.75, 3.05) is 11.3 Å². The van der Waals surface area contributed by atoms with Gasteiger partial charge in [0.05, 0.1) is 12.3 Å². The summed E-state index contributed by atoms with van der Waals surface area (Å²) >= 11 is 0. The third kappa shape index (κ3) is 3.62. The molecule has 1 aromatic carbocycles. The minimum atomic E-state index is -3.80. The topological polar surface area (TPSA) is 77.4 Å². The summed E-state index contributed by atoms with van der Waals surface area (Å²) in [5, 5.41) is 0. The highest BCUT2D eigenvalue weighted by Gasteiger charge is 2.22. The van der Waals surface area contributed by atoms with Crippen LogP contribution in [0, 0.1) is 20.8 Å². The highest BCUT2D eigenvalue weighted by Crippen LogP contribution is 2.25. The van der Waals surface area contributed by atoms with Crippen molar-refractivity contribution in [2.45, 2.75) is 32.6 Å². The second-order valence-corrected chi connectivity index (χ2v) is 7.45. The van der Waals surface area contributed by atoms with Gasteiger partial charge in [-0.05, 0) is 44.9 Å². The molecule has 1 N–H and O–H groups in total. The van der Waals surface area contributed by atoms with Crippen LogP contribution in [0.1, 0.15) is 34.1 Å². The lowest BCUT2D eigenvalue weighted by molar-refractivity contribution is 0.0515. The summed E-state index contributed by atoms with van der Waals surface area (Å²) in [4.78, 5) is 11.9. The van der Waals surface area contributed by atoms with Crippen LogP contribution >= 0.6 is 0 Å². The van der Waals surface area contributed by atoms with Gasteiger partial charge in [0.2, 0.25) is 0 Å². The Morgan fingerprint density at radius 3 is 2.29 bits per heavy atom. The third-order valence-electron chi connectivity index (χ3n) is 3.69. The molecule has 0 amide bonds. The number of sulfonamides is 1. The van der Waals surface area contributed by atoms with Gasteiger partial charge in [-0.15, -0.1) is 0 Å². The molecule has 1 aromatic heterocycles. The number of carbonyl (C=O) groups is 1. The van der Waals surface area contributed by atoms with E-state index in [9.17, 15) is 13.2 Å². The number of ether oxygens (including phenoxy) is 1. The van der Waals surface area contributed by atoms with Gasteiger partial charge in [0, 0.05) is 13.2 Å². The van der Waals surface area contributed by atoms with Crippen LogP contribution in [0.3, 0.4) is 0 Å². The van der Waals surface area contributed by atoms with Crippen molar-refractivity contribution >= 4 is 21.7 Å². The smallest absolute Gasteiger partial charge is 0.354 e. The van der Waals surface area contributed by atoms with E-state index >= 15 is 0 Å². The van der Waals surface area contributed by atoms with E-state index in [1.807, 2.05) is 32.9 Å². The molecule has 24 heavy (non-hydrogen) atoms. The zero-order valence-electron chi connectivity index (χ0n) is 14.5. The summed E-state index contributed by atoms with van der Waals surface area (Å²) in [5.41, 5.74) is 3.50. The Morgan fingerprint density at radius 2 is 1.75 bits per heavy atom. The van der Waals surface area contributed by atoms with E-state index in [0.29, 0.717) is 5.69 Å². The second-order valence-electron chi connectivity index (χ2n) is 5.77. The van der Waals surface area contributed by atoms with Gasteiger partial charge in [-0.1, -0.05) is 17.7 Å². The normalized spacial score (nSPS) is 11.4. The van der Waals surface area contributed by atoms with Gasteiger partial charge in [-0.3, -0.25) is 4.72 Å². The van der Waals surface area contributed by atoms with Crippen LogP contribution in [-0.4, -0.2) is 25.6 Å². The minimum Gasteiger partial charge on any atom is -0.461 e. The first-order valence-corrected chi connectivity index (χ1v) is 9.08. The number of hydrogen-bond donors (Lipinski definition) is 1. The molecular weight excluding hydrogens is 328 g/mol. The van der Waals surface area contributed by atoms with Crippen molar-refractivity contribution < 1.29 is 17.9 Å². The predicted octanol–water partition coefficient (Wildman–Crippen LogP) is 2.93. The summed E-state index contributed by atoms with van der Waals surface area (Å²) in [5.74, 6) is -0.552. The highest BCUT2D eigenvalue weighted by molar-refractivity contribution is 7.92. The van der Waals surface area contributed by atoms with E-state index in [4.69, 9.17) is 4.74 Å². The second kappa shape index (κ2) is 6.68. The number of aryl methyl sites for hydroxylation is 4. The number of aromatic nitrogens is 1. The molecule has 2 aromatic rings. The van der Waals surface area contributed by atoms with Gasteiger partial charge >= 0.3 is 5.97 Å². The number of rotatable bonds is 5. The molecule has 0 fully saturated rings. The number of nitrogens with zero attached hydrogens (tertiary/aromatic N) is 1. The Morgan fingerprint density at radius 1 is 1.17 bits per heavy atom. The molecule has 0 unspecified atom stereocenters. The first kappa shape index (κ1) is 18.1. The minimum absolute atomic E-state index is 0.0208. The summed E-state index contributed by atoms with van der Waals surface area (Å²) in [6, 6.07) is 5.15. The molecule has 130 valence electrons. The molecule has 2 rings (SSSR count). The van der Waals surface area contributed by atoms with E-state index in [1.165, 1.54) is 16.8 Å². The van der Waals surface area contributed by atoms with Crippen LogP contribution in [-0.2, 0) is 21.8 Å². The molecule has 0 aliphatic carbocycles. The van der Waals surface area contributed by atoms with E-state index in [1.54, 1.807) is 14.0 Å². The molecule has 0 bridgehead atoms. The maximum Gasteiger partial charge on any atom is 0.354 e. The van der Waals surface area contributed by atoms with E-state index in [2.05, 4.69) is 4.72 Å². The summed E-state index contributed by atoms with van der Waals surface area (Å²) in [7, 11) is -2.20. The molecule has 0 aliphatic heterocycles. The van der Waals surface area contributed by atoms with Crippen molar-refractivity contribution in [1.82, 2.24) is 4.57 Å². The Bertz CT molecular complexity index is 859. The van der Waals surface area contributed by atoms with E-state index in [-0.39, 0.29) is 17.2 Å². The van der Waals surface area contributed by atoms with Gasteiger partial charge in [0.25, 0.3) is 10.0 Å². The zero-order valence-corrected chi connectivity index (χ0v) is 15.3. The first-order valence-electron chi connectivity index (χ1n) is 7.60. The van der Waals surface area contributed by atoms with Crippen LogP contribution in [0.4, 0.5) is 5.69 Å². The van der Waals surface area contributed by atoms with Crippen molar-refractivity contribution in [3.8, 4) is 0 Å². The van der Waals surface area contributed by atoms with Crippen LogP contribution in [0.2, 0.25) is 0 Å².